The highest BCUT2D eigenvalue weighted by Crippen LogP contribution is 2.43. The van der Waals surface area contributed by atoms with Gasteiger partial charge < -0.3 is 9.52 Å². The summed E-state index contributed by atoms with van der Waals surface area (Å²) in [5, 5.41) is 10.4. The molecule has 0 saturated carbocycles. The van der Waals surface area contributed by atoms with E-state index in [2.05, 4.69) is 4.98 Å². The van der Waals surface area contributed by atoms with Gasteiger partial charge in [0.1, 0.15) is 11.3 Å². The van der Waals surface area contributed by atoms with E-state index < -0.39 is 11.9 Å². The Morgan fingerprint density at radius 1 is 1.13 bits per heavy atom. The number of rotatable bonds is 3. The van der Waals surface area contributed by atoms with Gasteiger partial charge in [-0.25, -0.2) is 4.98 Å². The van der Waals surface area contributed by atoms with E-state index in [1.165, 1.54) is 24.0 Å². The highest BCUT2D eigenvalue weighted by atomic mass is 32.1. The van der Waals surface area contributed by atoms with Gasteiger partial charge in [-0.15, -0.1) is 0 Å². The number of hydrogen-bond acceptors (Lipinski definition) is 7. The molecule has 1 N–H and O–H groups in total. The van der Waals surface area contributed by atoms with E-state index in [1.807, 2.05) is 0 Å². The number of phenolic OH excluding ortho intramolecular Hbond substituents is 1. The number of aryl methyl sites for hydroxylation is 1. The number of fused-ring (bicyclic) bond motifs is 2. The van der Waals surface area contributed by atoms with Gasteiger partial charge in [0, 0.05) is 6.92 Å². The highest BCUT2D eigenvalue weighted by Gasteiger charge is 2.45. The standard InChI is InChI=1S/C23H16N2O5S/c1-11-21(12(2)26)31-23(24-11)25-18(13-7-9-14(27)10-8-13)17-19(28)15-5-3-4-6-16(15)30-20(17)22(25)29/h3-10,18,27H,1-2H3. The average molecular weight is 432 g/mol. The number of ketones is 1. The molecule has 1 aliphatic rings. The number of carbonyl (C=O) groups excluding carboxylic acids is 2. The monoisotopic (exact) mass is 432 g/mol. The molecule has 0 saturated heterocycles. The summed E-state index contributed by atoms with van der Waals surface area (Å²) in [5.41, 5.74) is 1.37. The molecule has 2 aromatic carbocycles. The number of nitrogens with zero attached hydrogens (tertiary/aromatic N) is 2. The van der Waals surface area contributed by atoms with Crippen LogP contribution in [0, 0.1) is 6.92 Å². The molecular formula is C23H16N2O5S. The molecule has 31 heavy (non-hydrogen) atoms. The molecule has 8 heteroatoms. The molecule has 2 aromatic heterocycles. The topological polar surface area (TPSA) is 101 Å². The lowest BCUT2D eigenvalue weighted by Gasteiger charge is -2.22. The largest absolute Gasteiger partial charge is 0.508 e. The Morgan fingerprint density at radius 2 is 1.84 bits per heavy atom. The third-order valence-electron chi connectivity index (χ3n) is 5.30. The molecule has 3 heterocycles. The van der Waals surface area contributed by atoms with Crippen LogP contribution in [0.1, 0.15) is 50.0 Å². The minimum atomic E-state index is -0.797. The fourth-order valence-corrected chi connectivity index (χ4v) is 4.89. The van der Waals surface area contributed by atoms with Crippen LogP contribution in [0.15, 0.2) is 57.7 Å². The zero-order valence-corrected chi connectivity index (χ0v) is 17.4. The van der Waals surface area contributed by atoms with Crippen LogP contribution in [0.25, 0.3) is 11.0 Å². The molecule has 0 bridgehead atoms. The Balaban J connectivity index is 1.80. The van der Waals surface area contributed by atoms with Crippen molar-refractivity contribution in [1.29, 1.82) is 0 Å². The number of aromatic nitrogens is 1. The van der Waals surface area contributed by atoms with Crippen molar-refractivity contribution in [3.05, 3.63) is 86.2 Å². The van der Waals surface area contributed by atoms with E-state index in [9.17, 15) is 19.5 Å². The SMILES string of the molecule is CC(=O)c1sc(N2C(=O)c3oc4ccccc4c(=O)c3C2c2ccc(O)cc2)nc1C. The van der Waals surface area contributed by atoms with Gasteiger partial charge in [0.2, 0.25) is 5.76 Å². The summed E-state index contributed by atoms with van der Waals surface area (Å²) in [6, 6.07) is 12.3. The lowest BCUT2D eigenvalue weighted by molar-refractivity contribution is 0.0969. The van der Waals surface area contributed by atoms with Crippen LogP contribution in [0.3, 0.4) is 0 Å². The first kappa shape index (κ1) is 19.2. The van der Waals surface area contributed by atoms with Gasteiger partial charge >= 0.3 is 0 Å². The quantitative estimate of drug-likeness (QED) is 0.487. The number of benzene rings is 2. The Morgan fingerprint density at radius 3 is 2.52 bits per heavy atom. The van der Waals surface area contributed by atoms with Gasteiger partial charge in [0.15, 0.2) is 16.3 Å². The maximum absolute atomic E-state index is 13.5. The summed E-state index contributed by atoms with van der Waals surface area (Å²) < 4.78 is 5.88. The van der Waals surface area contributed by atoms with E-state index >= 15 is 0 Å². The van der Waals surface area contributed by atoms with Gasteiger partial charge in [-0.2, -0.15) is 0 Å². The molecule has 0 aliphatic carbocycles. The zero-order valence-electron chi connectivity index (χ0n) is 16.6. The molecule has 1 aliphatic heterocycles. The fraction of sp³-hybridized carbons (Fsp3) is 0.130. The van der Waals surface area contributed by atoms with Gasteiger partial charge in [0.25, 0.3) is 5.91 Å². The molecule has 0 spiro atoms. The Kier molecular flexibility index (Phi) is 4.26. The smallest absolute Gasteiger partial charge is 0.297 e. The summed E-state index contributed by atoms with van der Waals surface area (Å²) >= 11 is 1.10. The Hall–Kier alpha value is -3.78. The van der Waals surface area contributed by atoms with Crippen LogP contribution in [-0.4, -0.2) is 21.8 Å². The lowest BCUT2D eigenvalue weighted by atomic mass is 9.98. The van der Waals surface area contributed by atoms with Crippen LogP contribution in [-0.2, 0) is 0 Å². The highest BCUT2D eigenvalue weighted by molar-refractivity contribution is 7.17. The number of para-hydroxylation sites is 1. The van der Waals surface area contributed by atoms with Crippen molar-refractivity contribution in [2.75, 3.05) is 4.90 Å². The van der Waals surface area contributed by atoms with Crippen LogP contribution in [0.2, 0.25) is 0 Å². The Bertz CT molecular complexity index is 1430. The van der Waals surface area contributed by atoms with Crippen molar-refractivity contribution in [1.82, 2.24) is 4.98 Å². The molecule has 154 valence electrons. The first-order chi connectivity index (χ1) is 14.9. The summed E-state index contributed by atoms with van der Waals surface area (Å²) in [7, 11) is 0. The summed E-state index contributed by atoms with van der Waals surface area (Å²) in [5.74, 6) is -0.625. The van der Waals surface area contributed by atoms with E-state index in [0.29, 0.717) is 32.2 Å². The minimum absolute atomic E-state index is 0.0426. The molecule has 7 nitrogen and oxygen atoms in total. The lowest BCUT2D eigenvalue weighted by Crippen LogP contribution is -2.29. The van der Waals surface area contributed by atoms with Crippen molar-refractivity contribution in [2.45, 2.75) is 19.9 Å². The molecule has 1 amide bonds. The normalized spacial score (nSPS) is 15.5. The molecule has 1 atom stereocenters. The number of aromatic hydroxyl groups is 1. The fourth-order valence-electron chi connectivity index (χ4n) is 3.90. The van der Waals surface area contributed by atoms with E-state index in [1.54, 1.807) is 43.3 Å². The number of amides is 1. The molecule has 0 radical (unpaired) electrons. The van der Waals surface area contributed by atoms with Crippen molar-refractivity contribution in [3.8, 4) is 5.75 Å². The predicted octanol–water partition coefficient (Wildman–Crippen LogP) is 4.22. The second-order valence-electron chi connectivity index (χ2n) is 7.31. The number of Topliss-reactive ketones (excluding diaryl/α,β-unsaturated/α-hetero) is 1. The third-order valence-corrected chi connectivity index (χ3v) is 6.56. The molecule has 4 aromatic rings. The number of carbonyl (C=O) groups is 2. The Labute approximate surface area is 180 Å². The maximum Gasteiger partial charge on any atom is 0.297 e. The zero-order chi connectivity index (χ0) is 21.9. The number of phenols is 1. The molecule has 1 unspecified atom stereocenters. The third kappa shape index (κ3) is 2.87. The van der Waals surface area contributed by atoms with Gasteiger partial charge in [-0.1, -0.05) is 35.6 Å². The second kappa shape index (κ2) is 6.88. The van der Waals surface area contributed by atoms with Crippen LogP contribution in [0.4, 0.5) is 5.13 Å². The summed E-state index contributed by atoms with van der Waals surface area (Å²) in [6.45, 7) is 3.15. The molecule has 0 fully saturated rings. The maximum atomic E-state index is 13.5. The molecule has 5 rings (SSSR count). The predicted molar refractivity (Wildman–Crippen MR) is 116 cm³/mol. The van der Waals surface area contributed by atoms with Crippen molar-refractivity contribution in [3.63, 3.8) is 0 Å². The number of thiazole rings is 1. The second-order valence-corrected chi connectivity index (χ2v) is 8.28. The van der Waals surface area contributed by atoms with Crippen molar-refractivity contribution < 1.29 is 19.1 Å². The van der Waals surface area contributed by atoms with Crippen molar-refractivity contribution in [2.24, 2.45) is 0 Å². The first-order valence-electron chi connectivity index (χ1n) is 9.53. The van der Waals surface area contributed by atoms with E-state index in [0.717, 1.165) is 11.3 Å². The van der Waals surface area contributed by atoms with Crippen LogP contribution >= 0.6 is 11.3 Å². The van der Waals surface area contributed by atoms with E-state index in [4.69, 9.17) is 4.42 Å². The summed E-state index contributed by atoms with van der Waals surface area (Å²) in [6.07, 6.45) is 0. The van der Waals surface area contributed by atoms with Gasteiger partial charge in [-0.05, 0) is 36.8 Å². The van der Waals surface area contributed by atoms with Gasteiger partial charge in [0.05, 0.1) is 27.6 Å². The molecular weight excluding hydrogens is 416 g/mol. The number of anilines is 1. The van der Waals surface area contributed by atoms with Crippen molar-refractivity contribution >= 4 is 39.1 Å². The van der Waals surface area contributed by atoms with Crippen LogP contribution in [0.5, 0.6) is 5.75 Å². The first-order valence-corrected chi connectivity index (χ1v) is 10.3. The average Bonchev–Trinajstić information content (AvgIpc) is 3.27. The van der Waals surface area contributed by atoms with E-state index in [-0.39, 0.29) is 28.3 Å². The summed E-state index contributed by atoms with van der Waals surface area (Å²) in [4.78, 5) is 45.1. The number of hydrogen-bond donors (Lipinski definition) is 1. The minimum Gasteiger partial charge on any atom is -0.508 e. The van der Waals surface area contributed by atoms with Crippen LogP contribution < -0.4 is 10.3 Å². The van der Waals surface area contributed by atoms with Gasteiger partial charge in [-0.3, -0.25) is 19.3 Å².